The summed E-state index contributed by atoms with van der Waals surface area (Å²) < 4.78 is 7.74. The Morgan fingerprint density at radius 3 is 2.76 bits per heavy atom. The van der Waals surface area contributed by atoms with Gasteiger partial charge in [0.15, 0.2) is 0 Å². The van der Waals surface area contributed by atoms with Crippen LogP contribution in [0.1, 0.15) is 51.5 Å². The number of carbonyl (C=O) groups excluding carboxylic acids is 1. The van der Waals surface area contributed by atoms with Gasteiger partial charge in [-0.15, -0.1) is 0 Å². The third-order valence-corrected chi connectivity index (χ3v) is 6.49. The van der Waals surface area contributed by atoms with E-state index in [9.17, 15) is 4.79 Å². The van der Waals surface area contributed by atoms with Crippen molar-refractivity contribution in [1.82, 2.24) is 20.4 Å². The molecule has 140 valence electrons. The SMILES string of the molecule is CCOC1CC(NC(=O)[C@H]2CNC[C@@H]2c2cnn(C)c2)C1(CC)CC. The van der Waals surface area contributed by atoms with E-state index in [2.05, 4.69) is 29.6 Å². The summed E-state index contributed by atoms with van der Waals surface area (Å²) in [6, 6.07) is 0.224. The molecular weight excluding hydrogens is 316 g/mol. The number of hydrogen-bond acceptors (Lipinski definition) is 4. The minimum absolute atomic E-state index is 0.0262. The molecule has 1 aromatic rings. The van der Waals surface area contributed by atoms with Crippen LogP contribution in [0.15, 0.2) is 12.4 Å². The van der Waals surface area contributed by atoms with Gasteiger partial charge in [0, 0.05) is 50.3 Å². The van der Waals surface area contributed by atoms with Crippen LogP contribution in [0, 0.1) is 11.3 Å². The summed E-state index contributed by atoms with van der Waals surface area (Å²) >= 11 is 0. The van der Waals surface area contributed by atoms with E-state index in [1.807, 2.05) is 26.4 Å². The molecule has 1 aliphatic carbocycles. The molecule has 0 aromatic carbocycles. The topological polar surface area (TPSA) is 68.2 Å². The number of carbonyl (C=O) groups is 1. The smallest absolute Gasteiger partial charge is 0.225 e. The van der Waals surface area contributed by atoms with E-state index >= 15 is 0 Å². The van der Waals surface area contributed by atoms with Crippen LogP contribution in [0.2, 0.25) is 0 Å². The van der Waals surface area contributed by atoms with Crippen LogP contribution >= 0.6 is 0 Å². The van der Waals surface area contributed by atoms with E-state index < -0.39 is 0 Å². The summed E-state index contributed by atoms with van der Waals surface area (Å²) in [7, 11) is 1.92. The van der Waals surface area contributed by atoms with Gasteiger partial charge in [-0.2, -0.15) is 5.10 Å². The Morgan fingerprint density at radius 1 is 1.40 bits per heavy atom. The van der Waals surface area contributed by atoms with E-state index in [0.717, 1.165) is 44.5 Å². The molecule has 1 aromatic heterocycles. The first-order valence-corrected chi connectivity index (χ1v) is 9.66. The lowest BCUT2D eigenvalue weighted by Crippen LogP contribution is -2.65. The number of aryl methyl sites for hydroxylation is 1. The summed E-state index contributed by atoms with van der Waals surface area (Å²) in [5.41, 5.74) is 1.23. The monoisotopic (exact) mass is 348 g/mol. The molecule has 2 aliphatic rings. The zero-order valence-electron chi connectivity index (χ0n) is 15.9. The van der Waals surface area contributed by atoms with Gasteiger partial charge >= 0.3 is 0 Å². The number of nitrogens with zero attached hydrogens (tertiary/aromatic N) is 2. The predicted octanol–water partition coefficient (Wildman–Crippen LogP) is 1.82. The molecule has 1 saturated heterocycles. The fourth-order valence-electron chi connectivity index (χ4n) is 4.80. The summed E-state index contributed by atoms with van der Waals surface area (Å²) in [4.78, 5) is 13.0. The molecule has 6 nitrogen and oxygen atoms in total. The lowest BCUT2D eigenvalue weighted by molar-refractivity contribution is -0.150. The van der Waals surface area contributed by atoms with Crippen molar-refractivity contribution in [1.29, 1.82) is 0 Å². The Balaban J connectivity index is 1.67. The van der Waals surface area contributed by atoms with Gasteiger partial charge in [-0.25, -0.2) is 0 Å². The normalized spacial score (nSPS) is 30.9. The van der Waals surface area contributed by atoms with Gasteiger partial charge in [-0.3, -0.25) is 9.48 Å². The summed E-state index contributed by atoms with van der Waals surface area (Å²) in [6.07, 6.45) is 7.18. The number of amides is 1. The van der Waals surface area contributed by atoms with Crippen LogP contribution in [0.3, 0.4) is 0 Å². The standard InChI is InChI=1S/C19H32N4O2/c1-5-19(6-2)16(8-17(19)25-7-3)22-18(24)15-11-20-10-14(15)13-9-21-23(4)12-13/h9,12,14-17,20H,5-8,10-11H2,1-4H3,(H,22,24)/t14-,15+,16?,17?/m1/s1. The maximum Gasteiger partial charge on any atom is 0.225 e. The van der Waals surface area contributed by atoms with Crippen molar-refractivity contribution in [3.05, 3.63) is 18.0 Å². The van der Waals surface area contributed by atoms with E-state index in [0.29, 0.717) is 0 Å². The molecule has 1 amide bonds. The first-order chi connectivity index (χ1) is 12.1. The van der Waals surface area contributed by atoms with Gasteiger partial charge < -0.3 is 15.4 Å². The maximum atomic E-state index is 13.0. The highest BCUT2D eigenvalue weighted by atomic mass is 16.5. The highest BCUT2D eigenvalue weighted by molar-refractivity contribution is 5.81. The van der Waals surface area contributed by atoms with Crippen molar-refractivity contribution in [3.63, 3.8) is 0 Å². The van der Waals surface area contributed by atoms with E-state index in [1.54, 1.807) is 4.68 Å². The Kier molecular flexibility index (Phi) is 5.49. The molecule has 1 saturated carbocycles. The van der Waals surface area contributed by atoms with Crippen molar-refractivity contribution < 1.29 is 9.53 Å². The molecule has 1 aliphatic heterocycles. The average molecular weight is 348 g/mol. The third-order valence-electron chi connectivity index (χ3n) is 6.49. The minimum Gasteiger partial charge on any atom is -0.378 e. The fourth-order valence-corrected chi connectivity index (χ4v) is 4.80. The largest absolute Gasteiger partial charge is 0.378 e. The molecular formula is C19H32N4O2. The molecule has 0 radical (unpaired) electrons. The van der Waals surface area contributed by atoms with Gasteiger partial charge in [0.1, 0.15) is 0 Å². The molecule has 2 N–H and O–H groups in total. The molecule has 0 spiro atoms. The van der Waals surface area contributed by atoms with Crippen LogP contribution in [-0.2, 0) is 16.6 Å². The molecule has 0 bridgehead atoms. The Labute approximate surface area is 150 Å². The summed E-state index contributed by atoms with van der Waals surface area (Å²) in [5.74, 6) is 0.348. The second-order valence-electron chi connectivity index (χ2n) is 7.50. The molecule has 2 unspecified atom stereocenters. The number of ether oxygens (including phenoxy) is 1. The second kappa shape index (κ2) is 7.46. The van der Waals surface area contributed by atoms with Gasteiger partial charge in [0.2, 0.25) is 5.91 Å². The zero-order valence-corrected chi connectivity index (χ0v) is 15.9. The molecule has 6 heteroatoms. The average Bonchev–Trinajstić information content (AvgIpc) is 3.23. The summed E-state index contributed by atoms with van der Waals surface area (Å²) in [5, 5.41) is 11.0. The highest BCUT2D eigenvalue weighted by Crippen LogP contribution is 2.49. The molecule has 2 heterocycles. The van der Waals surface area contributed by atoms with Crippen molar-refractivity contribution in [3.8, 4) is 0 Å². The van der Waals surface area contributed by atoms with Crippen LogP contribution in [0.5, 0.6) is 0 Å². The number of hydrogen-bond donors (Lipinski definition) is 2. The number of rotatable bonds is 7. The lowest BCUT2D eigenvalue weighted by Gasteiger charge is -2.55. The van der Waals surface area contributed by atoms with Crippen LogP contribution in [-0.4, -0.2) is 47.5 Å². The Morgan fingerprint density at radius 2 is 2.16 bits per heavy atom. The first kappa shape index (κ1) is 18.4. The number of nitrogens with one attached hydrogen (secondary N) is 2. The van der Waals surface area contributed by atoms with Crippen LogP contribution in [0.4, 0.5) is 0 Å². The van der Waals surface area contributed by atoms with E-state index in [4.69, 9.17) is 4.74 Å². The van der Waals surface area contributed by atoms with Crippen LogP contribution in [0.25, 0.3) is 0 Å². The van der Waals surface area contributed by atoms with Crippen molar-refractivity contribution in [2.24, 2.45) is 18.4 Å². The molecule has 2 fully saturated rings. The first-order valence-electron chi connectivity index (χ1n) is 9.66. The molecule has 3 rings (SSSR count). The van der Waals surface area contributed by atoms with Gasteiger partial charge in [0.05, 0.1) is 18.2 Å². The quantitative estimate of drug-likeness (QED) is 0.789. The van der Waals surface area contributed by atoms with Gasteiger partial charge in [0.25, 0.3) is 0 Å². The van der Waals surface area contributed by atoms with Crippen molar-refractivity contribution >= 4 is 5.91 Å². The third kappa shape index (κ3) is 3.22. The van der Waals surface area contributed by atoms with Crippen LogP contribution < -0.4 is 10.6 Å². The zero-order chi connectivity index (χ0) is 18.0. The van der Waals surface area contributed by atoms with Crippen molar-refractivity contribution in [2.75, 3.05) is 19.7 Å². The second-order valence-corrected chi connectivity index (χ2v) is 7.50. The fraction of sp³-hybridized carbons (Fsp3) is 0.789. The van der Waals surface area contributed by atoms with E-state index in [-0.39, 0.29) is 35.3 Å². The lowest BCUT2D eigenvalue weighted by atomic mass is 9.58. The predicted molar refractivity (Wildman–Crippen MR) is 97.3 cm³/mol. The summed E-state index contributed by atoms with van der Waals surface area (Å²) in [6.45, 7) is 8.78. The maximum absolute atomic E-state index is 13.0. The van der Waals surface area contributed by atoms with Gasteiger partial charge in [-0.05, 0) is 31.7 Å². The van der Waals surface area contributed by atoms with Gasteiger partial charge in [-0.1, -0.05) is 13.8 Å². The minimum atomic E-state index is -0.0262. The van der Waals surface area contributed by atoms with Crippen molar-refractivity contribution in [2.45, 2.75) is 58.1 Å². The Bertz CT molecular complexity index is 596. The van der Waals surface area contributed by atoms with E-state index in [1.165, 1.54) is 0 Å². The molecule has 25 heavy (non-hydrogen) atoms. The Hall–Kier alpha value is -1.40. The molecule has 4 atom stereocenters. The number of aromatic nitrogens is 2. The highest BCUT2D eigenvalue weighted by Gasteiger charge is 2.54.